The Labute approximate surface area is 251 Å². The van der Waals surface area contributed by atoms with Gasteiger partial charge in [-0.2, -0.15) is 5.10 Å². The molecule has 9 nitrogen and oxygen atoms in total. The number of carbonyl (C=O) groups excluding carboxylic acids is 1. The Morgan fingerprint density at radius 1 is 1.00 bits per heavy atom. The lowest BCUT2D eigenvalue weighted by atomic mass is 9.91. The maximum absolute atomic E-state index is 11.7. The Balaban J connectivity index is 1.07. The number of aromatic nitrogens is 4. The fraction of sp³-hybridized carbons (Fsp3) is 0.742. The Kier molecular flexibility index (Phi) is 11.7. The van der Waals surface area contributed by atoms with Gasteiger partial charge in [-0.25, -0.2) is 14.8 Å². The molecular weight excluding hydrogens is 538 g/mol. The highest BCUT2D eigenvalue weighted by Crippen LogP contribution is 2.37. The maximum Gasteiger partial charge on any atom is 0.407 e. The minimum atomic E-state index is -0.320. The van der Waals surface area contributed by atoms with Gasteiger partial charge in [-0.3, -0.25) is 4.68 Å². The first kappa shape index (κ1) is 31.5. The minimum Gasteiger partial charge on any atom is -0.450 e. The van der Waals surface area contributed by atoms with E-state index in [2.05, 4.69) is 26.0 Å². The van der Waals surface area contributed by atoms with Crippen molar-refractivity contribution in [2.45, 2.75) is 122 Å². The van der Waals surface area contributed by atoms with Crippen LogP contribution in [0.4, 0.5) is 10.7 Å². The topological polar surface area (TPSA) is 106 Å². The molecule has 3 N–H and O–H groups in total. The number of halogens is 1. The summed E-state index contributed by atoms with van der Waals surface area (Å²) in [4.78, 5) is 21.0. The highest BCUT2D eigenvalue weighted by Gasteiger charge is 2.27. The van der Waals surface area contributed by atoms with Gasteiger partial charge in [0, 0.05) is 35.9 Å². The number of amides is 1. The second-order valence-corrected chi connectivity index (χ2v) is 13.4. The van der Waals surface area contributed by atoms with Crippen LogP contribution in [-0.4, -0.2) is 56.6 Å². The van der Waals surface area contributed by atoms with Crippen molar-refractivity contribution in [2.24, 2.45) is 13.0 Å². The van der Waals surface area contributed by atoms with Crippen LogP contribution in [0.25, 0.3) is 11.3 Å². The fourth-order valence-corrected chi connectivity index (χ4v) is 5.69. The number of ether oxygens (including phenoxy) is 1. The van der Waals surface area contributed by atoms with Gasteiger partial charge in [0.1, 0.15) is 0 Å². The average molecular weight is 588 g/mol. The van der Waals surface area contributed by atoms with Gasteiger partial charge in [0.15, 0.2) is 0 Å². The van der Waals surface area contributed by atoms with Gasteiger partial charge >= 0.3 is 6.09 Å². The van der Waals surface area contributed by atoms with Crippen LogP contribution in [0, 0.1) is 5.92 Å². The molecule has 0 spiro atoms. The highest BCUT2D eigenvalue weighted by molar-refractivity contribution is 6.32. The minimum absolute atomic E-state index is 0.252. The Morgan fingerprint density at radius 2 is 1.68 bits per heavy atom. The molecule has 0 aliphatic heterocycles. The van der Waals surface area contributed by atoms with Gasteiger partial charge in [0.05, 0.1) is 29.7 Å². The van der Waals surface area contributed by atoms with E-state index in [1.807, 2.05) is 38.7 Å². The van der Waals surface area contributed by atoms with Gasteiger partial charge in [-0.05, 0) is 91.0 Å². The molecule has 41 heavy (non-hydrogen) atoms. The average Bonchev–Trinajstić information content (AvgIpc) is 3.67. The van der Waals surface area contributed by atoms with Gasteiger partial charge in [0.25, 0.3) is 0 Å². The van der Waals surface area contributed by atoms with E-state index < -0.39 is 0 Å². The van der Waals surface area contributed by atoms with Crippen LogP contribution in [-0.2, 0) is 18.2 Å². The van der Waals surface area contributed by atoms with Crippen molar-refractivity contribution in [3.8, 4) is 11.3 Å². The summed E-state index contributed by atoms with van der Waals surface area (Å²) in [7, 11) is 2.00. The second kappa shape index (κ2) is 15.2. The molecule has 0 atom stereocenters. The lowest BCUT2D eigenvalue weighted by Gasteiger charge is -2.30. The van der Waals surface area contributed by atoms with Crippen molar-refractivity contribution in [3.63, 3.8) is 0 Å². The third-order valence-corrected chi connectivity index (χ3v) is 8.29. The summed E-state index contributed by atoms with van der Waals surface area (Å²) in [6.45, 7) is 7.43. The van der Waals surface area contributed by atoms with Crippen LogP contribution in [0.1, 0.15) is 104 Å². The first-order valence-corrected chi connectivity index (χ1v) is 16.0. The molecule has 2 heterocycles. The summed E-state index contributed by atoms with van der Waals surface area (Å²) in [6.07, 6.45) is 18.4. The van der Waals surface area contributed by atoms with Crippen molar-refractivity contribution in [1.82, 2.24) is 30.4 Å². The predicted molar refractivity (Wildman–Crippen MR) is 165 cm³/mol. The largest absolute Gasteiger partial charge is 0.450 e. The molecule has 1 amide bonds. The summed E-state index contributed by atoms with van der Waals surface area (Å²) in [5, 5.41) is 15.2. The molecule has 4 rings (SSSR count). The van der Waals surface area contributed by atoms with Gasteiger partial charge < -0.3 is 20.7 Å². The smallest absolute Gasteiger partial charge is 0.407 e. The second-order valence-electron chi connectivity index (χ2n) is 12.9. The zero-order valence-electron chi connectivity index (χ0n) is 25.5. The lowest BCUT2D eigenvalue weighted by Crippen LogP contribution is -2.41. The van der Waals surface area contributed by atoms with E-state index in [-0.39, 0.29) is 11.6 Å². The molecule has 0 unspecified atom stereocenters. The van der Waals surface area contributed by atoms with Gasteiger partial charge in [-0.15, -0.1) is 0 Å². The van der Waals surface area contributed by atoms with Crippen LogP contribution >= 0.6 is 11.6 Å². The van der Waals surface area contributed by atoms with Crippen molar-refractivity contribution in [3.05, 3.63) is 23.1 Å². The summed E-state index contributed by atoms with van der Waals surface area (Å²) >= 11 is 6.55. The predicted octanol–water partition coefficient (Wildman–Crippen LogP) is 6.66. The molecule has 2 fully saturated rings. The van der Waals surface area contributed by atoms with Crippen LogP contribution in [0.2, 0.25) is 5.02 Å². The number of unbranched alkanes of at least 4 members (excludes halogenated alkanes) is 5. The lowest BCUT2D eigenvalue weighted by molar-refractivity contribution is 0.135. The Hall–Kier alpha value is -2.39. The molecule has 10 heteroatoms. The van der Waals surface area contributed by atoms with Crippen molar-refractivity contribution in [1.29, 1.82) is 0 Å². The van der Waals surface area contributed by atoms with E-state index in [0.717, 1.165) is 68.7 Å². The van der Waals surface area contributed by atoms with E-state index >= 15 is 0 Å². The molecular formula is C31H50ClN7O2. The Bertz CT molecular complexity index is 1100. The number of anilines is 1. The number of nitrogens with zero attached hydrogens (tertiary/aromatic N) is 4. The summed E-state index contributed by atoms with van der Waals surface area (Å²) in [6, 6.07) is 0.969. The first-order chi connectivity index (χ1) is 19.7. The van der Waals surface area contributed by atoms with Crippen LogP contribution < -0.4 is 16.0 Å². The van der Waals surface area contributed by atoms with E-state index in [4.69, 9.17) is 21.3 Å². The SMILES string of the molecule is Cn1ncc(-c2nc(NC3CCC(NCCCCCCCCOC(=O)NC(C)(C)C)CC3)ncc2Cl)c1CC1CC1. The normalized spacial score (nSPS) is 19.2. The van der Waals surface area contributed by atoms with Crippen LogP contribution in [0.5, 0.6) is 0 Å². The molecule has 0 aromatic carbocycles. The van der Waals surface area contributed by atoms with Crippen LogP contribution in [0.15, 0.2) is 12.4 Å². The fourth-order valence-electron chi connectivity index (χ4n) is 5.50. The van der Waals surface area contributed by atoms with E-state index in [9.17, 15) is 4.79 Å². The number of nitrogens with one attached hydrogen (secondary N) is 3. The molecule has 228 valence electrons. The number of aryl methyl sites for hydroxylation is 1. The van der Waals surface area contributed by atoms with Crippen molar-refractivity contribution < 1.29 is 9.53 Å². The molecule has 0 bridgehead atoms. The van der Waals surface area contributed by atoms with Crippen molar-refractivity contribution >= 4 is 23.6 Å². The molecule has 2 aromatic heterocycles. The van der Waals surface area contributed by atoms with Crippen LogP contribution in [0.3, 0.4) is 0 Å². The highest BCUT2D eigenvalue weighted by atomic mass is 35.5. The molecule has 2 saturated carbocycles. The molecule has 2 aromatic rings. The van der Waals surface area contributed by atoms with Crippen molar-refractivity contribution in [2.75, 3.05) is 18.5 Å². The number of carbonyl (C=O) groups is 1. The standard InChI is InChI=1S/C31H50ClN7O2/c1-31(2,3)38-30(40)41-18-10-8-6-5-7-9-17-33-23-13-15-24(16-14-23)36-29-34-21-26(32)28(37-29)25-20-35-39(4)27(25)19-22-11-12-22/h20-24,33H,5-19H2,1-4H3,(H,38,40)(H,34,36,37). The summed E-state index contributed by atoms with van der Waals surface area (Å²) in [5.41, 5.74) is 2.76. The van der Waals surface area contributed by atoms with Gasteiger partial charge in [-0.1, -0.05) is 37.3 Å². The number of rotatable bonds is 15. The number of hydrogen-bond acceptors (Lipinski definition) is 7. The summed E-state index contributed by atoms with van der Waals surface area (Å²) in [5.74, 6) is 1.42. The van der Waals surface area contributed by atoms with E-state index in [1.54, 1.807) is 6.20 Å². The molecule has 0 radical (unpaired) electrons. The first-order valence-electron chi connectivity index (χ1n) is 15.7. The third kappa shape index (κ3) is 10.7. The monoisotopic (exact) mass is 587 g/mol. The van der Waals surface area contributed by atoms with E-state index in [1.165, 1.54) is 44.2 Å². The Morgan fingerprint density at radius 3 is 2.39 bits per heavy atom. The van der Waals surface area contributed by atoms with Gasteiger partial charge in [0.2, 0.25) is 5.95 Å². The molecule has 2 aliphatic carbocycles. The van der Waals surface area contributed by atoms with E-state index in [0.29, 0.717) is 29.7 Å². The zero-order chi connectivity index (χ0) is 29.2. The zero-order valence-corrected chi connectivity index (χ0v) is 26.2. The molecule has 2 aliphatic rings. The third-order valence-electron chi connectivity index (χ3n) is 8.01. The molecule has 0 saturated heterocycles. The maximum atomic E-state index is 11.7. The summed E-state index contributed by atoms with van der Waals surface area (Å²) < 4.78 is 7.20. The quantitative estimate of drug-likeness (QED) is 0.200. The number of hydrogen-bond donors (Lipinski definition) is 3. The number of alkyl carbamates (subject to hydrolysis) is 1.